The molecule has 0 saturated carbocycles. The molecule has 0 atom stereocenters. The Bertz CT molecular complexity index is 392. The number of hydrogen-bond donors (Lipinski definition) is 0. The van der Waals surface area contributed by atoms with Crippen molar-refractivity contribution >= 4 is 11.9 Å². The lowest BCUT2D eigenvalue weighted by atomic mass is 10.2. The van der Waals surface area contributed by atoms with Gasteiger partial charge in [0, 0.05) is 6.08 Å². The van der Waals surface area contributed by atoms with Gasteiger partial charge in [0.2, 0.25) is 0 Å². The molecule has 0 aliphatic rings. The highest BCUT2D eigenvalue weighted by molar-refractivity contribution is 5.89. The zero-order valence-electron chi connectivity index (χ0n) is 8.93. The SMILES string of the molecule is C=CC(=O)Oc1ccc(C(=O)OCC)cc1. The van der Waals surface area contributed by atoms with Crippen molar-refractivity contribution in [3.05, 3.63) is 42.5 Å². The molecule has 0 unspecified atom stereocenters. The van der Waals surface area contributed by atoms with Gasteiger partial charge in [-0.1, -0.05) is 6.58 Å². The maximum atomic E-state index is 11.3. The molecule has 0 aliphatic carbocycles. The van der Waals surface area contributed by atoms with E-state index in [0.29, 0.717) is 17.9 Å². The van der Waals surface area contributed by atoms with Crippen LogP contribution in [0.5, 0.6) is 5.75 Å². The highest BCUT2D eigenvalue weighted by Crippen LogP contribution is 2.13. The Morgan fingerprint density at radius 2 is 1.94 bits per heavy atom. The first-order valence-electron chi connectivity index (χ1n) is 4.78. The van der Waals surface area contributed by atoms with Crippen molar-refractivity contribution in [2.24, 2.45) is 0 Å². The third-order valence-corrected chi connectivity index (χ3v) is 1.75. The molecular formula is C12H12O4. The molecule has 0 amide bonds. The molecule has 0 aliphatic heterocycles. The van der Waals surface area contributed by atoms with Crippen molar-refractivity contribution < 1.29 is 19.1 Å². The largest absolute Gasteiger partial charge is 0.462 e. The van der Waals surface area contributed by atoms with Gasteiger partial charge in [-0.3, -0.25) is 0 Å². The number of hydrogen-bond acceptors (Lipinski definition) is 4. The molecule has 1 rings (SSSR count). The van der Waals surface area contributed by atoms with E-state index in [1.54, 1.807) is 6.92 Å². The van der Waals surface area contributed by atoms with Gasteiger partial charge in [-0.05, 0) is 31.2 Å². The molecule has 0 radical (unpaired) electrons. The molecule has 0 fully saturated rings. The van der Waals surface area contributed by atoms with Gasteiger partial charge in [-0.15, -0.1) is 0 Å². The lowest BCUT2D eigenvalue weighted by Crippen LogP contribution is -2.06. The zero-order valence-corrected chi connectivity index (χ0v) is 8.93. The summed E-state index contributed by atoms with van der Waals surface area (Å²) in [4.78, 5) is 22.2. The number of carbonyl (C=O) groups is 2. The first-order valence-corrected chi connectivity index (χ1v) is 4.78. The van der Waals surface area contributed by atoms with E-state index < -0.39 is 11.9 Å². The summed E-state index contributed by atoms with van der Waals surface area (Å²) in [7, 11) is 0. The summed E-state index contributed by atoms with van der Waals surface area (Å²) >= 11 is 0. The number of benzene rings is 1. The number of carbonyl (C=O) groups excluding carboxylic acids is 2. The summed E-state index contributed by atoms with van der Waals surface area (Å²) in [5.74, 6) is -0.578. The topological polar surface area (TPSA) is 52.6 Å². The summed E-state index contributed by atoms with van der Waals surface area (Å²) in [6.07, 6.45) is 1.07. The molecule has 1 aromatic rings. The van der Waals surface area contributed by atoms with Crippen LogP contribution in [0.4, 0.5) is 0 Å². The molecule has 0 heterocycles. The van der Waals surface area contributed by atoms with Gasteiger partial charge < -0.3 is 9.47 Å². The van der Waals surface area contributed by atoms with Crippen molar-refractivity contribution in [3.63, 3.8) is 0 Å². The highest BCUT2D eigenvalue weighted by Gasteiger charge is 2.06. The average Bonchev–Trinajstić information content (AvgIpc) is 2.30. The van der Waals surface area contributed by atoms with Gasteiger partial charge in [-0.25, -0.2) is 9.59 Å². The van der Waals surface area contributed by atoms with Crippen LogP contribution in [0.1, 0.15) is 17.3 Å². The summed E-state index contributed by atoms with van der Waals surface area (Å²) < 4.78 is 9.66. The summed E-state index contributed by atoms with van der Waals surface area (Å²) in [5.41, 5.74) is 0.417. The molecule has 1 aromatic carbocycles. The van der Waals surface area contributed by atoms with E-state index in [4.69, 9.17) is 9.47 Å². The van der Waals surface area contributed by atoms with Crippen molar-refractivity contribution in [1.82, 2.24) is 0 Å². The van der Waals surface area contributed by atoms with E-state index in [0.717, 1.165) is 6.08 Å². The molecule has 0 N–H and O–H groups in total. The summed E-state index contributed by atoms with van der Waals surface area (Å²) in [6, 6.07) is 6.11. The Morgan fingerprint density at radius 1 is 1.31 bits per heavy atom. The van der Waals surface area contributed by atoms with Gasteiger partial charge in [-0.2, -0.15) is 0 Å². The van der Waals surface area contributed by atoms with Crippen molar-refractivity contribution in [1.29, 1.82) is 0 Å². The minimum absolute atomic E-state index is 0.325. The van der Waals surface area contributed by atoms with Crippen LogP contribution in [0.25, 0.3) is 0 Å². The monoisotopic (exact) mass is 220 g/mol. The fraction of sp³-hybridized carbons (Fsp3) is 0.167. The number of rotatable bonds is 4. The van der Waals surface area contributed by atoms with Gasteiger partial charge in [0.15, 0.2) is 0 Å². The molecule has 0 bridgehead atoms. The van der Waals surface area contributed by atoms with Gasteiger partial charge in [0.25, 0.3) is 0 Å². The van der Waals surface area contributed by atoms with Gasteiger partial charge in [0.05, 0.1) is 12.2 Å². The van der Waals surface area contributed by atoms with Crippen LogP contribution in [-0.4, -0.2) is 18.5 Å². The molecule has 16 heavy (non-hydrogen) atoms. The van der Waals surface area contributed by atoms with Crippen LogP contribution in [0, 0.1) is 0 Å². The van der Waals surface area contributed by atoms with Crippen LogP contribution in [-0.2, 0) is 9.53 Å². The molecule has 0 spiro atoms. The minimum Gasteiger partial charge on any atom is -0.462 e. The Hall–Kier alpha value is -2.10. The van der Waals surface area contributed by atoms with Crippen LogP contribution in [0.3, 0.4) is 0 Å². The Labute approximate surface area is 93.5 Å². The number of ether oxygens (including phenoxy) is 2. The Morgan fingerprint density at radius 3 is 2.44 bits per heavy atom. The van der Waals surface area contributed by atoms with Crippen molar-refractivity contribution in [2.75, 3.05) is 6.61 Å². The lowest BCUT2D eigenvalue weighted by molar-refractivity contribution is -0.128. The first kappa shape index (κ1) is 12.0. The maximum absolute atomic E-state index is 11.3. The van der Waals surface area contributed by atoms with Crippen LogP contribution in [0.15, 0.2) is 36.9 Å². The van der Waals surface area contributed by atoms with Crippen LogP contribution >= 0.6 is 0 Å². The summed E-state index contributed by atoms with van der Waals surface area (Å²) in [5, 5.41) is 0. The second kappa shape index (κ2) is 5.70. The minimum atomic E-state index is -0.538. The fourth-order valence-corrected chi connectivity index (χ4v) is 1.03. The molecule has 4 nitrogen and oxygen atoms in total. The van der Waals surface area contributed by atoms with E-state index in [-0.39, 0.29) is 0 Å². The molecule has 0 aromatic heterocycles. The normalized spacial score (nSPS) is 9.31. The molecule has 4 heteroatoms. The molecule has 0 saturated heterocycles. The molecule has 84 valence electrons. The van der Waals surface area contributed by atoms with E-state index in [2.05, 4.69) is 6.58 Å². The third-order valence-electron chi connectivity index (χ3n) is 1.75. The van der Waals surface area contributed by atoms with E-state index in [1.165, 1.54) is 24.3 Å². The highest BCUT2D eigenvalue weighted by atomic mass is 16.5. The fourth-order valence-electron chi connectivity index (χ4n) is 1.03. The smallest absolute Gasteiger partial charge is 0.338 e. The third kappa shape index (κ3) is 3.24. The number of esters is 2. The van der Waals surface area contributed by atoms with Crippen molar-refractivity contribution in [2.45, 2.75) is 6.92 Å². The quantitative estimate of drug-likeness (QED) is 0.442. The van der Waals surface area contributed by atoms with E-state index in [9.17, 15) is 9.59 Å². The second-order valence-corrected chi connectivity index (χ2v) is 2.87. The van der Waals surface area contributed by atoms with Crippen molar-refractivity contribution in [3.8, 4) is 5.75 Å². The van der Waals surface area contributed by atoms with Crippen LogP contribution in [0.2, 0.25) is 0 Å². The summed E-state index contributed by atoms with van der Waals surface area (Å²) in [6.45, 7) is 5.34. The standard InChI is InChI=1S/C12H12O4/c1-3-11(13)16-10-7-5-9(6-8-10)12(14)15-4-2/h3,5-8H,1,4H2,2H3. The maximum Gasteiger partial charge on any atom is 0.338 e. The predicted molar refractivity (Wildman–Crippen MR) is 58.2 cm³/mol. The van der Waals surface area contributed by atoms with E-state index >= 15 is 0 Å². The average molecular weight is 220 g/mol. The Balaban J connectivity index is 2.71. The lowest BCUT2D eigenvalue weighted by Gasteiger charge is -2.03. The predicted octanol–water partition coefficient (Wildman–Crippen LogP) is 1.95. The van der Waals surface area contributed by atoms with Gasteiger partial charge >= 0.3 is 11.9 Å². The Kier molecular flexibility index (Phi) is 4.27. The zero-order chi connectivity index (χ0) is 12.0. The van der Waals surface area contributed by atoms with E-state index in [1.807, 2.05) is 0 Å². The second-order valence-electron chi connectivity index (χ2n) is 2.87. The van der Waals surface area contributed by atoms with Gasteiger partial charge in [0.1, 0.15) is 5.75 Å². The first-order chi connectivity index (χ1) is 7.67. The van der Waals surface area contributed by atoms with Crippen LogP contribution < -0.4 is 4.74 Å². The molecular weight excluding hydrogens is 208 g/mol.